The van der Waals surface area contributed by atoms with Crippen molar-refractivity contribution in [1.82, 2.24) is 10.2 Å². The van der Waals surface area contributed by atoms with E-state index in [0.29, 0.717) is 0 Å². The van der Waals surface area contributed by atoms with Crippen molar-refractivity contribution in [3.05, 3.63) is 48.0 Å². The minimum Gasteiger partial charge on any atom is -0.396 e. The number of nitrogens with zero attached hydrogens (tertiary/aromatic N) is 1. The van der Waals surface area contributed by atoms with E-state index in [2.05, 4.69) is 46.6 Å². The molecule has 0 radical (unpaired) electrons. The Balaban J connectivity index is 1.58. The van der Waals surface area contributed by atoms with Crippen LogP contribution in [-0.2, 0) is 11.3 Å². The van der Waals surface area contributed by atoms with Crippen LogP contribution in [0.3, 0.4) is 0 Å². The molecule has 2 aliphatic rings. The summed E-state index contributed by atoms with van der Waals surface area (Å²) in [5.74, 6) is 0.420. The molecule has 4 heteroatoms. The Morgan fingerprint density at radius 1 is 1.21 bits per heavy atom. The lowest BCUT2D eigenvalue weighted by Gasteiger charge is -2.39. The zero-order valence-corrected chi connectivity index (χ0v) is 14.2. The van der Waals surface area contributed by atoms with E-state index in [-0.39, 0.29) is 30.4 Å². The molecule has 1 fully saturated rings. The topological polar surface area (TPSA) is 52.6 Å². The first-order chi connectivity index (χ1) is 11.8. The molecule has 1 aliphatic heterocycles. The average molecular weight is 328 g/mol. The molecular weight excluding hydrogens is 300 g/mol. The fourth-order valence-corrected chi connectivity index (χ4v) is 3.77. The summed E-state index contributed by atoms with van der Waals surface area (Å²) in [5.41, 5.74) is 1.29. The summed E-state index contributed by atoms with van der Waals surface area (Å²) in [6, 6.07) is 10.5. The highest BCUT2D eigenvalue weighted by Gasteiger charge is 2.31. The molecule has 1 aromatic rings. The Hall–Kier alpha value is -1.65. The lowest BCUT2D eigenvalue weighted by Crippen LogP contribution is -2.54. The number of nitrogens with one attached hydrogen (secondary N) is 1. The molecule has 3 unspecified atom stereocenters. The largest absolute Gasteiger partial charge is 0.396 e. The van der Waals surface area contributed by atoms with Crippen LogP contribution in [0.4, 0.5) is 0 Å². The number of hydrogen-bond donors (Lipinski definition) is 2. The molecule has 0 bridgehead atoms. The molecule has 1 saturated heterocycles. The molecule has 2 N–H and O–H groups in total. The number of likely N-dealkylation sites (tertiary alicyclic amines) is 1. The van der Waals surface area contributed by atoms with Gasteiger partial charge in [0, 0.05) is 37.6 Å². The number of benzene rings is 1. The van der Waals surface area contributed by atoms with Crippen LogP contribution in [0.15, 0.2) is 42.5 Å². The number of carbonyl (C=O) groups is 1. The molecule has 1 heterocycles. The van der Waals surface area contributed by atoms with Crippen molar-refractivity contribution >= 4 is 5.91 Å². The molecule has 130 valence electrons. The fourth-order valence-electron chi connectivity index (χ4n) is 3.77. The van der Waals surface area contributed by atoms with Gasteiger partial charge in [-0.1, -0.05) is 42.5 Å². The predicted molar refractivity (Wildman–Crippen MR) is 95.3 cm³/mol. The standard InChI is InChI=1S/C20H28N2O2/c23-15-18-11-12-22(13-16-7-3-1-4-8-16)14-19(18)21-20(24)17-9-5-2-6-10-17/h1-5,7-8,17-19,23H,6,9-15H2,(H,21,24). The summed E-state index contributed by atoms with van der Waals surface area (Å²) >= 11 is 0. The minimum atomic E-state index is 0.0471. The summed E-state index contributed by atoms with van der Waals surface area (Å²) in [5, 5.41) is 12.9. The van der Waals surface area contributed by atoms with Crippen molar-refractivity contribution in [2.75, 3.05) is 19.7 Å². The first-order valence-electron chi connectivity index (χ1n) is 9.09. The van der Waals surface area contributed by atoms with Gasteiger partial charge in [-0.05, 0) is 37.8 Å². The summed E-state index contributed by atoms with van der Waals surface area (Å²) in [7, 11) is 0. The average Bonchev–Trinajstić information content (AvgIpc) is 2.63. The van der Waals surface area contributed by atoms with E-state index >= 15 is 0 Å². The van der Waals surface area contributed by atoms with E-state index in [1.54, 1.807) is 0 Å². The van der Waals surface area contributed by atoms with E-state index in [1.165, 1.54) is 5.56 Å². The molecule has 24 heavy (non-hydrogen) atoms. The summed E-state index contributed by atoms with van der Waals surface area (Å²) < 4.78 is 0. The predicted octanol–water partition coefficient (Wildman–Crippen LogP) is 2.34. The van der Waals surface area contributed by atoms with Crippen LogP contribution in [0.25, 0.3) is 0 Å². The molecule has 1 aliphatic carbocycles. The van der Waals surface area contributed by atoms with Gasteiger partial charge >= 0.3 is 0 Å². The van der Waals surface area contributed by atoms with E-state index in [9.17, 15) is 9.90 Å². The first kappa shape index (κ1) is 17.2. The molecule has 3 rings (SSSR count). The zero-order chi connectivity index (χ0) is 16.8. The lowest BCUT2D eigenvalue weighted by atomic mass is 9.89. The lowest BCUT2D eigenvalue weighted by molar-refractivity contribution is -0.127. The number of amides is 1. The quantitative estimate of drug-likeness (QED) is 0.816. The second-order valence-electron chi connectivity index (χ2n) is 7.05. The van der Waals surface area contributed by atoms with Crippen LogP contribution in [0, 0.1) is 11.8 Å². The van der Waals surface area contributed by atoms with Gasteiger partial charge in [0.2, 0.25) is 5.91 Å². The Labute approximate surface area is 144 Å². The molecule has 4 nitrogen and oxygen atoms in total. The van der Waals surface area contributed by atoms with Gasteiger partial charge in [0.25, 0.3) is 0 Å². The summed E-state index contributed by atoms with van der Waals surface area (Å²) in [4.78, 5) is 14.9. The Bertz CT molecular complexity index is 558. The minimum absolute atomic E-state index is 0.0471. The molecule has 0 aromatic heterocycles. The Kier molecular flexibility index (Phi) is 6.05. The number of allylic oxidation sites excluding steroid dienone is 2. The first-order valence-corrected chi connectivity index (χ1v) is 9.09. The highest BCUT2D eigenvalue weighted by atomic mass is 16.3. The maximum Gasteiger partial charge on any atom is 0.223 e. The number of aliphatic hydroxyl groups is 1. The second kappa shape index (κ2) is 8.45. The number of aliphatic hydroxyl groups excluding tert-OH is 1. The number of carbonyl (C=O) groups excluding carboxylic acids is 1. The fraction of sp³-hybridized carbons (Fsp3) is 0.550. The van der Waals surface area contributed by atoms with Crippen LogP contribution in [0.2, 0.25) is 0 Å². The van der Waals surface area contributed by atoms with Crippen LogP contribution >= 0.6 is 0 Å². The molecule has 1 aromatic carbocycles. The van der Waals surface area contributed by atoms with Crippen molar-refractivity contribution in [3.8, 4) is 0 Å². The number of piperidine rings is 1. The van der Waals surface area contributed by atoms with E-state index in [0.717, 1.165) is 45.3 Å². The van der Waals surface area contributed by atoms with Crippen molar-refractivity contribution in [2.45, 2.75) is 38.3 Å². The molecule has 3 atom stereocenters. The summed E-state index contributed by atoms with van der Waals surface area (Å²) in [6.45, 7) is 2.83. The van der Waals surface area contributed by atoms with Gasteiger partial charge in [-0.2, -0.15) is 0 Å². The monoisotopic (exact) mass is 328 g/mol. The Morgan fingerprint density at radius 3 is 2.75 bits per heavy atom. The van der Waals surface area contributed by atoms with E-state index < -0.39 is 0 Å². The third-order valence-corrected chi connectivity index (χ3v) is 5.29. The van der Waals surface area contributed by atoms with E-state index in [1.807, 2.05) is 6.07 Å². The normalized spacial score (nSPS) is 27.8. The number of hydrogen-bond acceptors (Lipinski definition) is 3. The van der Waals surface area contributed by atoms with Crippen LogP contribution in [0.5, 0.6) is 0 Å². The second-order valence-corrected chi connectivity index (χ2v) is 7.05. The van der Waals surface area contributed by atoms with Gasteiger partial charge in [-0.3, -0.25) is 9.69 Å². The SMILES string of the molecule is O=C(NC1CN(Cc2ccccc2)CCC1CO)C1CC=CCC1. The van der Waals surface area contributed by atoms with Gasteiger partial charge in [0.15, 0.2) is 0 Å². The van der Waals surface area contributed by atoms with Crippen LogP contribution < -0.4 is 5.32 Å². The summed E-state index contributed by atoms with van der Waals surface area (Å²) in [6.07, 6.45) is 7.97. The highest BCUT2D eigenvalue weighted by Crippen LogP contribution is 2.22. The molecular formula is C20H28N2O2. The maximum absolute atomic E-state index is 12.5. The van der Waals surface area contributed by atoms with Gasteiger partial charge in [0.1, 0.15) is 0 Å². The Morgan fingerprint density at radius 2 is 2.04 bits per heavy atom. The van der Waals surface area contributed by atoms with Crippen LogP contribution in [-0.4, -0.2) is 41.7 Å². The molecule has 1 amide bonds. The van der Waals surface area contributed by atoms with Crippen molar-refractivity contribution in [2.24, 2.45) is 11.8 Å². The zero-order valence-electron chi connectivity index (χ0n) is 14.2. The smallest absolute Gasteiger partial charge is 0.223 e. The third-order valence-electron chi connectivity index (χ3n) is 5.29. The number of rotatable bonds is 5. The maximum atomic E-state index is 12.5. The van der Waals surface area contributed by atoms with Gasteiger partial charge in [-0.15, -0.1) is 0 Å². The van der Waals surface area contributed by atoms with Gasteiger partial charge < -0.3 is 10.4 Å². The molecule has 0 spiro atoms. The highest BCUT2D eigenvalue weighted by molar-refractivity contribution is 5.79. The van der Waals surface area contributed by atoms with Gasteiger partial charge in [0.05, 0.1) is 0 Å². The van der Waals surface area contributed by atoms with Crippen LogP contribution in [0.1, 0.15) is 31.2 Å². The third kappa shape index (κ3) is 4.46. The van der Waals surface area contributed by atoms with Gasteiger partial charge in [-0.25, -0.2) is 0 Å². The van der Waals surface area contributed by atoms with Crippen molar-refractivity contribution in [1.29, 1.82) is 0 Å². The van der Waals surface area contributed by atoms with Crippen molar-refractivity contribution in [3.63, 3.8) is 0 Å². The van der Waals surface area contributed by atoms with Crippen molar-refractivity contribution < 1.29 is 9.90 Å². The van der Waals surface area contributed by atoms with E-state index in [4.69, 9.17) is 0 Å². The molecule has 0 saturated carbocycles.